The van der Waals surface area contributed by atoms with Crippen molar-refractivity contribution >= 4 is 74.7 Å². The van der Waals surface area contributed by atoms with Crippen molar-refractivity contribution in [2.45, 2.75) is 13.2 Å². The molecule has 4 aliphatic heterocycles. The van der Waals surface area contributed by atoms with E-state index in [2.05, 4.69) is 76.3 Å². The molecule has 75 heavy (non-hydrogen) atoms. The summed E-state index contributed by atoms with van der Waals surface area (Å²) >= 11 is 5.79. The summed E-state index contributed by atoms with van der Waals surface area (Å²) in [4.78, 5) is 30.4. The van der Waals surface area contributed by atoms with Gasteiger partial charge in [0.15, 0.2) is 0 Å². The molecule has 0 aliphatic carbocycles. The van der Waals surface area contributed by atoms with Crippen LogP contribution < -0.4 is 49.9 Å². The zero-order valence-corrected chi connectivity index (χ0v) is 44.0. The van der Waals surface area contributed by atoms with Crippen molar-refractivity contribution in [3.8, 4) is 11.5 Å². The van der Waals surface area contributed by atoms with E-state index in [9.17, 15) is 10.2 Å². The van der Waals surface area contributed by atoms with Crippen molar-refractivity contribution in [3.05, 3.63) is 114 Å². The van der Waals surface area contributed by atoms with E-state index in [1.54, 1.807) is 38.7 Å². The summed E-state index contributed by atoms with van der Waals surface area (Å²) in [6.45, 7) is 13.1. The number of rotatable bonds is 14. The number of benzene rings is 4. The number of aromatic nitrogens is 4. The molecule has 10 rings (SSSR count). The second-order valence-corrected chi connectivity index (χ2v) is 18.2. The van der Waals surface area contributed by atoms with Crippen LogP contribution in [0.4, 0.5) is 63.1 Å². The minimum atomic E-state index is -0.0848. The molecule has 0 saturated carbocycles. The highest BCUT2D eigenvalue weighted by Crippen LogP contribution is 2.34. The number of morpholine rings is 4. The molecule has 2 aromatic heterocycles. The van der Waals surface area contributed by atoms with Gasteiger partial charge in [0, 0.05) is 136 Å². The Morgan fingerprint density at radius 3 is 1.32 bits per heavy atom. The van der Waals surface area contributed by atoms with Gasteiger partial charge in [-0.3, -0.25) is 0 Å². The highest BCUT2D eigenvalue weighted by atomic mass is 35.5. The summed E-state index contributed by atoms with van der Waals surface area (Å²) in [5.74, 6) is 3.24. The lowest BCUT2D eigenvalue weighted by atomic mass is 10.1. The number of nitrogen functional groups attached to an aromatic ring is 1. The van der Waals surface area contributed by atoms with Crippen LogP contribution in [0.2, 0.25) is 5.28 Å². The first-order valence-electron chi connectivity index (χ1n) is 25.1. The van der Waals surface area contributed by atoms with Crippen molar-refractivity contribution in [1.29, 1.82) is 0 Å². The third kappa shape index (κ3) is 14.7. The van der Waals surface area contributed by atoms with Crippen LogP contribution in [0.25, 0.3) is 0 Å². The van der Waals surface area contributed by atoms with Crippen LogP contribution >= 0.6 is 11.6 Å². The second-order valence-electron chi connectivity index (χ2n) is 17.9. The Hall–Kier alpha value is -6.91. The molecule has 0 radical (unpaired) electrons. The first-order chi connectivity index (χ1) is 36.6. The molecule has 6 heterocycles. The number of hydrogen-bond acceptors (Lipinski definition) is 20. The molecular weight excluding hydrogens is 980 g/mol. The quantitative estimate of drug-likeness (QED) is 0.0679. The van der Waals surface area contributed by atoms with E-state index in [1.807, 2.05) is 60.3 Å². The lowest BCUT2D eigenvalue weighted by molar-refractivity contribution is 0.122. The normalized spacial score (nSPS) is 15.7. The molecule has 0 atom stereocenters. The Morgan fingerprint density at radius 1 is 0.547 bits per heavy atom. The first kappa shape index (κ1) is 54.4. The Labute approximate surface area is 444 Å². The molecule has 6 aromatic rings. The number of anilines is 11. The van der Waals surface area contributed by atoms with Crippen LogP contribution in [-0.4, -0.2) is 164 Å². The average molecular weight is 1050 g/mol. The van der Waals surface area contributed by atoms with Crippen molar-refractivity contribution < 1.29 is 38.6 Å². The van der Waals surface area contributed by atoms with E-state index >= 15 is 0 Å². The van der Waals surface area contributed by atoms with Crippen LogP contribution in [0, 0.1) is 0 Å². The molecule has 4 aliphatic rings. The van der Waals surface area contributed by atoms with Gasteiger partial charge in [0.25, 0.3) is 0 Å². The molecule has 400 valence electrons. The molecule has 4 saturated heterocycles. The highest BCUT2D eigenvalue weighted by molar-refractivity contribution is 6.28. The van der Waals surface area contributed by atoms with Crippen molar-refractivity contribution in [1.82, 2.24) is 19.9 Å². The van der Waals surface area contributed by atoms with Crippen LogP contribution in [0.5, 0.6) is 11.5 Å². The molecular formula is C54H69ClN12O8. The highest BCUT2D eigenvalue weighted by Gasteiger charge is 2.20. The van der Waals surface area contributed by atoms with Gasteiger partial charge in [0.1, 0.15) is 23.1 Å². The van der Waals surface area contributed by atoms with Crippen LogP contribution in [0.3, 0.4) is 0 Å². The zero-order chi connectivity index (χ0) is 52.5. The molecule has 0 bridgehead atoms. The van der Waals surface area contributed by atoms with Crippen LogP contribution in [0.15, 0.2) is 97.3 Å². The van der Waals surface area contributed by atoms with Gasteiger partial charge in [-0.2, -0.15) is 4.98 Å². The summed E-state index contributed by atoms with van der Waals surface area (Å²) in [6.07, 6.45) is 3.31. The molecule has 0 unspecified atom stereocenters. The number of methoxy groups -OCH3 is 2. The Balaban J connectivity index is 0.000000165. The van der Waals surface area contributed by atoms with E-state index in [0.717, 1.165) is 150 Å². The number of aliphatic hydroxyl groups excluding tert-OH is 2. The van der Waals surface area contributed by atoms with E-state index in [4.69, 9.17) is 50.7 Å². The number of nitrogens with zero attached hydrogens (tertiary/aromatic N) is 10. The summed E-state index contributed by atoms with van der Waals surface area (Å²) in [5, 5.41) is 22.9. The predicted octanol–water partition coefficient (Wildman–Crippen LogP) is 6.50. The van der Waals surface area contributed by atoms with Gasteiger partial charge in [0.2, 0.25) is 11.2 Å². The summed E-state index contributed by atoms with van der Waals surface area (Å²) in [7, 11) is 6.97. The number of halogens is 1. The monoisotopic (exact) mass is 1050 g/mol. The minimum absolute atomic E-state index is 0.0670. The van der Waals surface area contributed by atoms with Gasteiger partial charge in [0.05, 0.1) is 91.7 Å². The van der Waals surface area contributed by atoms with E-state index in [0.29, 0.717) is 29.1 Å². The molecule has 0 spiro atoms. The van der Waals surface area contributed by atoms with E-state index in [1.165, 1.54) is 11.4 Å². The van der Waals surface area contributed by atoms with Crippen molar-refractivity contribution in [3.63, 3.8) is 0 Å². The van der Waals surface area contributed by atoms with Gasteiger partial charge in [-0.15, -0.1) is 0 Å². The molecule has 21 heteroatoms. The number of aliphatic hydroxyl groups is 2. The summed E-state index contributed by atoms with van der Waals surface area (Å²) < 4.78 is 32.5. The smallest absolute Gasteiger partial charge is 0.229 e. The zero-order valence-electron chi connectivity index (χ0n) is 43.2. The third-order valence-corrected chi connectivity index (χ3v) is 13.4. The van der Waals surface area contributed by atoms with Crippen molar-refractivity contribution in [2.75, 3.05) is 174 Å². The largest absolute Gasteiger partial charge is 0.497 e. The molecule has 4 aromatic carbocycles. The van der Waals surface area contributed by atoms with Crippen LogP contribution in [0.1, 0.15) is 11.1 Å². The number of nitrogens with two attached hydrogens (primary N) is 1. The number of hydrogen-bond donors (Lipinski definition) is 4. The summed E-state index contributed by atoms with van der Waals surface area (Å²) in [5.41, 5.74) is 15.7. The van der Waals surface area contributed by atoms with Gasteiger partial charge < -0.3 is 79.1 Å². The maximum atomic E-state index is 9.86. The molecule has 5 N–H and O–H groups in total. The van der Waals surface area contributed by atoms with E-state index < -0.39 is 0 Å². The van der Waals surface area contributed by atoms with Gasteiger partial charge in [-0.05, 0) is 72.3 Å². The molecule has 20 nitrogen and oxygen atoms in total. The van der Waals surface area contributed by atoms with Crippen LogP contribution in [-0.2, 0) is 32.2 Å². The Bertz CT molecular complexity index is 2680. The first-order valence-corrected chi connectivity index (χ1v) is 25.5. The molecule has 4 fully saturated rings. The van der Waals surface area contributed by atoms with Gasteiger partial charge in [-0.1, -0.05) is 12.1 Å². The molecule has 0 amide bonds. The maximum Gasteiger partial charge on any atom is 0.229 e. The third-order valence-electron chi connectivity index (χ3n) is 13.2. The van der Waals surface area contributed by atoms with Crippen molar-refractivity contribution in [2.24, 2.45) is 0 Å². The number of nitrogens with one attached hydrogen (secondary N) is 1. The second kappa shape index (κ2) is 27.0. The lowest BCUT2D eigenvalue weighted by Gasteiger charge is -2.33. The van der Waals surface area contributed by atoms with E-state index in [-0.39, 0.29) is 18.5 Å². The number of ether oxygens (including phenoxy) is 6. The lowest BCUT2D eigenvalue weighted by Crippen LogP contribution is -2.38. The summed E-state index contributed by atoms with van der Waals surface area (Å²) in [6, 6.07) is 27.5. The maximum absolute atomic E-state index is 9.86. The Morgan fingerprint density at radius 2 is 0.933 bits per heavy atom. The fraction of sp³-hybridized carbons (Fsp3) is 0.407. The van der Waals surface area contributed by atoms with Gasteiger partial charge in [-0.25, -0.2) is 15.0 Å². The topological polar surface area (TPSA) is 205 Å². The Kier molecular flexibility index (Phi) is 19.6. The standard InChI is InChI=1S/C27H34N6O4.C14H21N3O2.C13H14ClN3O2/c1-31(25-18-24(35-2)4-3-20(25)19-34)26-5-6-28-27(30-26)29-21-15-22(32-7-11-36-12-8-32)17-23(16-21)33-9-13-37-14-10-33;15-12-9-13(16-1-5-18-6-2-16)11-14(10-12)17-3-7-19-8-4-17;1-17(12-5-6-15-13(14)16-12)11-7-10(19-2)4-3-9(11)8-18/h3-6,15-18,34H,7-14,19H2,1-2H3,(H,28,29,30);9-11H,1-8,15H2;3-7,18H,8H2,1-2H3. The average Bonchev–Trinajstić information content (AvgIpc) is 3.47. The fourth-order valence-corrected chi connectivity index (χ4v) is 9.16. The van der Waals surface area contributed by atoms with Gasteiger partial charge >= 0.3 is 0 Å². The minimum Gasteiger partial charge on any atom is -0.497 e. The SMILES string of the molecule is COc1ccc(CO)c(N(C)c2ccnc(Cl)n2)c1.COc1ccc(CO)c(N(C)c2ccnc(Nc3cc(N4CCOCC4)cc(N4CCOCC4)c3)n2)c1.Nc1cc(N2CCOCC2)cc(N2CCOCC2)c1. The fourth-order valence-electron chi connectivity index (χ4n) is 9.02. The predicted molar refractivity (Wildman–Crippen MR) is 296 cm³/mol.